The van der Waals surface area contributed by atoms with Gasteiger partial charge in [0.25, 0.3) is 5.91 Å². The fourth-order valence-corrected chi connectivity index (χ4v) is 5.75. The Bertz CT molecular complexity index is 1380. The van der Waals surface area contributed by atoms with Gasteiger partial charge in [-0.2, -0.15) is 0 Å². The third-order valence-corrected chi connectivity index (χ3v) is 7.98. The van der Waals surface area contributed by atoms with Crippen LogP contribution in [0.15, 0.2) is 79.1 Å². The lowest BCUT2D eigenvalue weighted by atomic mass is 9.96. The van der Waals surface area contributed by atoms with Crippen LogP contribution in [0.2, 0.25) is 0 Å². The third-order valence-electron chi connectivity index (χ3n) is 7.98. The Balaban J connectivity index is 1.24. The topological polar surface area (TPSA) is 66.7 Å². The van der Waals surface area contributed by atoms with E-state index < -0.39 is 0 Å². The second kappa shape index (κ2) is 14.2. The second-order valence-corrected chi connectivity index (χ2v) is 10.8. The Morgan fingerprint density at radius 3 is 2.61 bits per heavy atom. The number of ether oxygens (including phenoxy) is 1. The number of carbonyl (C=O) groups is 1. The molecule has 4 aromatic rings. The van der Waals surface area contributed by atoms with Crippen LogP contribution in [0, 0.1) is 0 Å². The van der Waals surface area contributed by atoms with Gasteiger partial charge < -0.3 is 24.0 Å². The number of anilines is 1. The predicted molar refractivity (Wildman–Crippen MR) is 164 cm³/mol. The van der Waals surface area contributed by atoms with E-state index in [2.05, 4.69) is 49.7 Å². The van der Waals surface area contributed by atoms with Gasteiger partial charge in [-0.25, -0.2) is 4.98 Å². The molecule has 8 heteroatoms. The minimum absolute atomic E-state index is 0.0529. The highest BCUT2D eigenvalue weighted by molar-refractivity contribution is 5.94. The maximum Gasteiger partial charge on any atom is 0.253 e. The number of para-hydroxylation sites is 2. The van der Waals surface area contributed by atoms with Crippen LogP contribution >= 0.6 is 0 Å². The number of fused-ring (bicyclic) bond motifs is 1. The number of nitrogens with zero attached hydrogens (tertiary/aromatic N) is 6. The summed E-state index contributed by atoms with van der Waals surface area (Å²) in [6.07, 6.45) is 5.80. The van der Waals surface area contributed by atoms with Crippen LogP contribution in [-0.4, -0.2) is 89.8 Å². The van der Waals surface area contributed by atoms with Gasteiger partial charge in [-0.3, -0.25) is 9.78 Å². The molecule has 0 saturated carbocycles. The molecule has 0 radical (unpaired) electrons. The van der Waals surface area contributed by atoms with Crippen molar-refractivity contribution in [1.29, 1.82) is 0 Å². The van der Waals surface area contributed by atoms with E-state index >= 15 is 0 Å². The zero-order chi connectivity index (χ0) is 28.4. The van der Waals surface area contributed by atoms with Gasteiger partial charge in [0.1, 0.15) is 0 Å². The maximum absolute atomic E-state index is 13.1. The summed E-state index contributed by atoms with van der Waals surface area (Å²) in [6, 6.07) is 22.0. The van der Waals surface area contributed by atoms with Gasteiger partial charge in [-0.05, 0) is 68.8 Å². The summed E-state index contributed by atoms with van der Waals surface area (Å²) in [5.74, 6) is 1.31. The Labute approximate surface area is 243 Å². The van der Waals surface area contributed by atoms with Gasteiger partial charge >= 0.3 is 0 Å². The van der Waals surface area contributed by atoms with Crippen molar-refractivity contribution < 1.29 is 9.53 Å². The van der Waals surface area contributed by atoms with Crippen LogP contribution in [-0.2, 0) is 11.3 Å². The Morgan fingerprint density at radius 1 is 0.976 bits per heavy atom. The van der Waals surface area contributed by atoms with Crippen molar-refractivity contribution in [1.82, 2.24) is 24.3 Å². The number of hydrogen-bond acceptors (Lipinski definition) is 6. The number of hydrogen-bond donors (Lipinski definition) is 0. The first-order valence-electron chi connectivity index (χ1n) is 14.8. The molecular formula is C33H42N6O2. The first kappa shape index (κ1) is 28.8. The highest BCUT2D eigenvalue weighted by Crippen LogP contribution is 2.25. The van der Waals surface area contributed by atoms with Crippen LogP contribution in [0.3, 0.4) is 0 Å². The number of benzene rings is 2. The highest BCUT2D eigenvalue weighted by Gasteiger charge is 2.23. The summed E-state index contributed by atoms with van der Waals surface area (Å²) >= 11 is 0. The molecule has 1 unspecified atom stereocenters. The third kappa shape index (κ3) is 7.31. The van der Waals surface area contributed by atoms with E-state index in [0.29, 0.717) is 13.2 Å². The lowest BCUT2D eigenvalue weighted by molar-refractivity contribution is 0.0782. The largest absolute Gasteiger partial charge is 0.380 e. The quantitative estimate of drug-likeness (QED) is 0.232. The van der Waals surface area contributed by atoms with Gasteiger partial charge in [0, 0.05) is 70.3 Å². The highest BCUT2D eigenvalue weighted by atomic mass is 16.5. The average Bonchev–Trinajstić information content (AvgIpc) is 3.21. The van der Waals surface area contributed by atoms with Crippen molar-refractivity contribution in [2.45, 2.75) is 32.2 Å². The van der Waals surface area contributed by atoms with E-state index in [4.69, 9.17) is 9.72 Å². The van der Waals surface area contributed by atoms with Gasteiger partial charge in [-0.15, -0.1) is 0 Å². The van der Waals surface area contributed by atoms with Gasteiger partial charge in [0.15, 0.2) is 0 Å². The summed E-state index contributed by atoms with van der Waals surface area (Å²) in [7, 11) is 1.90. The lowest BCUT2D eigenvalue weighted by Crippen LogP contribution is -2.35. The summed E-state index contributed by atoms with van der Waals surface area (Å²) in [5.41, 5.74) is 4.10. The Morgan fingerprint density at radius 2 is 1.80 bits per heavy atom. The molecule has 216 valence electrons. The monoisotopic (exact) mass is 554 g/mol. The number of imidazole rings is 1. The Kier molecular flexibility index (Phi) is 9.99. The van der Waals surface area contributed by atoms with E-state index in [1.807, 2.05) is 67.7 Å². The molecule has 1 aliphatic rings. The summed E-state index contributed by atoms with van der Waals surface area (Å²) < 4.78 is 8.01. The van der Waals surface area contributed by atoms with Crippen molar-refractivity contribution in [3.8, 4) is 0 Å². The molecule has 1 amide bonds. The zero-order valence-corrected chi connectivity index (χ0v) is 24.4. The lowest BCUT2D eigenvalue weighted by Gasteiger charge is -2.28. The van der Waals surface area contributed by atoms with Gasteiger partial charge in [0.2, 0.25) is 5.95 Å². The number of rotatable bonds is 12. The van der Waals surface area contributed by atoms with Gasteiger partial charge in [0.05, 0.1) is 17.6 Å². The molecule has 0 aliphatic carbocycles. The first-order chi connectivity index (χ1) is 20.1. The maximum atomic E-state index is 13.1. The van der Waals surface area contributed by atoms with Crippen LogP contribution in [0.5, 0.6) is 0 Å². The minimum atomic E-state index is 0.0529. The Hall–Kier alpha value is -3.75. The van der Waals surface area contributed by atoms with E-state index in [9.17, 15) is 4.79 Å². The number of amides is 1. The number of likely N-dealkylation sites (N-methyl/N-ethyl adjacent to an activating group) is 1. The molecule has 1 fully saturated rings. The standard InChI is InChI=1S/C33H42N6O2/c1-3-41-24-23-39-31-15-8-7-14-30(31)35-33(39)38-19-10-18-37(21-22-38)20-16-29(28-13-9-17-34-25-28)26-36(2)32(40)27-11-5-4-6-12-27/h4-9,11-15,17,25,29H,3,10,16,18-24,26H2,1-2H3. The fraction of sp³-hybridized carbons (Fsp3) is 0.424. The van der Waals surface area contributed by atoms with Crippen LogP contribution in [0.1, 0.15) is 41.6 Å². The van der Waals surface area contributed by atoms with E-state index in [1.165, 1.54) is 5.56 Å². The first-order valence-corrected chi connectivity index (χ1v) is 14.8. The summed E-state index contributed by atoms with van der Waals surface area (Å²) in [4.78, 5) is 29.4. The molecule has 0 N–H and O–H groups in total. The molecule has 0 spiro atoms. The summed E-state index contributed by atoms with van der Waals surface area (Å²) in [6.45, 7) is 9.81. The molecule has 41 heavy (non-hydrogen) atoms. The fourth-order valence-electron chi connectivity index (χ4n) is 5.75. The second-order valence-electron chi connectivity index (χ2n) is 10.8. The molecule has 8 nitrogen and oxygen atoms in total. The van der Waals surface area contributed by atoms with E-state index in [1.54, 1.807) is 0 Å². The molecule has 5 rings (SSSR count). The smallest absolute Gasteiger partial charge is 0.253 e. The molecule has 2 aromatic carbocycles. The van der Waals surface area contributed by atoms with Crippen LogP contribution in [0.25, 0.3) is 11.0 Å². The van der Waals surface area contributed by atoms with Crippen molar-refractivity contribution in [3.05, 3.63) is 90.3 Å². The van der Waals surface area contributed by atoms with E-state index in [-0.39, 0.29) is 11.8 Å². The molecule has 1 aliphatic heterocycles. The molecule has 0 bridgehead atoms. The molecule has 2 aromatic heterocycles. The normalized spacial score (nSPS) is 15.1. The number of aromatic nitrogens is 3. The van der Waals surface area contributed by atoms with Gasteiger partial charge in [-0.1, -0.05) is 36.4 Å². The predicted octanol–water partition coefficient (Wildman–Crippen LogP) is 4.93. The van der Waals surface area contributed by atoms with Crippen molar-refractivity contribution in [2.75, 3.05) is 64.4 Å². The van der Waals surface area contributed by atoms with Crippen molar-refractivity contribution >= 4 is 22.9 Å². The number of pyridine rings is 1. The zero-order valence-electron chi connectivity index (χ0n) is 24.4. The van der Waals surface area contributed by atoms with E-state index in [0.717, 1.165) is 81.3 Å². The molecular weight excluding hydrogens is 512 g/mol. The minimum Gasteiger partial charge on any atom is -0.380 e. The average molecular weight is 555 g/mol. The SMILES string of the molecule is CCOCCn1c(N2CCCN(CCC(CN(C)C(=O)c3ccccc3)c3cccnc3)CC2)nc2ccccc21. The van der Waals surface area contributed by atoms with Crippen molar-refractivity contribution in [2.24, 2.45) is 0 Å². The molecule has 3 heterocycles. The van der Waals surface area contributed by atoms with Crippen LogP contribution in [0.4, 0.5) is 5.95 Å². The number of carbonyl (C=O) groups excluding carboxylic acids is 1. The van der Waals surface area contributed by atoms with Crippen LogP contribution < -0.4 is 4.90 Å². The summed E-state index contributed by atoms with van der Waals surface area (Å²) in [5, 5.41) is 0. The molecule has 1 saturated heterocycles. The van der Waals surface area contributed by atoms with Crippen molar-refractivity contribution in [3.63, 3.8) is 0 Å². The molecule has 1 atom stereocenters.